The smallest absolute Gasteiger partial charge is 0.160 e. The molecule has 0 saturated heterocycles. The molecule has 0 spiro atoms. The first-order chi connectivity index (χ1) is 9.88. The number of alkyl halides is 1. The van der Waals surface area contributed by atoms with Crippen LogP contribution in [0.15, 0.2) is 18.3 Å². The van der Waals surface area contributed by atoms with Crippen LogP contribution in [0.2, 0.25) is 0 Å². The molecule has 5 heteroatoms. The highest BCUT2D eigenvalue weighted by Gasteiger charge is 2.16. The second-order valence-electron chi connectivity index (χ2n) is 5.24. The molecule has 2 heterocycles. The molecule has 0 unspecified atom stereocenters. The molecule has 0 aromatic carbocycles. The van der Waals surface area contributed by atoms with Gasteiger partial charge in [-0.05, 0) is 25.0 Å². The lowest BCUT2D eigenvalue weighted by atomic mass is 10.3. The monoisotopic (exact) mass is 293 g/mol. The third-order valence-corrected chi connectivity index (χ3v) is 4.06. The van der Waals surface area contributed by atoms with Crippen molar-refractivity contribution in [2.45, 2.75) is 44.8 Å². The van der Waals surface area contributed by atoms with Crippen LogP contribution in [-0.2, 0) is 17.7 Å². The van der Waals surface area contributed by atoms with Crippen molar-refractivity contribution in [1.82, 2.24) is 14.5 Å². The Bertz CT molecular complexity index is 563. The van der Waals surface area contributed by atoms with E-state index in [1.807, 2.05) is 18.3 Å². The quantitative estimate of drug-likeness (QED) is 0.768. The minimum atomic E-state index is 0.453. The molecule has 0 bridgehead atoms. The van der Waals surface area contributed by atoms with Gasteiger partial charge in [0, 0.05) is 25.0 Å². The van der Waals surface area contributed by atoms with Crippen LogP contribution in [0.25, 0.3) is 11.2 Å². The summed E-state index contributed by atoms with van der Waals surface area (Å²) in [5.74, 6) is 1.58. The largest absolute Gasteiger partial charge is 0.376 e. The lowest BCUT2D eigenvalue weighted by molar-refractivity contribution is 0.0530. The van der Waals surface area contributed by atoms with Crippen molar-refractivity contribution < 1.29 is 4.74 Å². The Kier molecular flexibility index (Phi) is 4.53. The molecule has 2 aromatic rings. The van der Waals surface area contributed by atoms with E-state index >= 15 is 0 Å². The van der Waals surface area contributed by atoms with Gasteiger partial charge in [-0.3, -0.25) is 0 Å². The van der Waals surface area contributed by atoms with Gasteiger partial charge in [0.2, 0.25) is 0 Å². The normalized spacial score (nSPS) is 16.2. The van der Waals surface area contributed by atoms with Gasteiger partial charge in [0.05, 0.1) is 12.7 Å². The van der Waals surface area contributed by atoms with E-state index in [0.29, 0.717) is 12.0 Å². The second kappa shape index (κ2) is 6.55. The zero-order valence-corrected chi connectivity index (χ0v) is 12.4. The fourth-order valence-corrected chi connectivity index (χ4v) is 3.05. The van der Waals surface area contributed by atoms with Crippen molar-refractivity contribution in [2.24, 2.45) is 0 Å². The maximum Gasteiger partial charge on any atom is 0.160 e. The third kappa shape index (κ3) is 2.96. The van der Waals surface area contributed by atoms with Gasteiger partial charge in [-0.15, -0.1) is 11.6 Å². The molecule has 0 aliphatic heterocycles. The summed E-state index contributed by atoms with van der Waals surface area (Å²) in [5.41, 5.74) is 1.87. The van der Waals surface area contributed by atoms with Crippen molar-refractivity contribution in [3.63, 3.8) is 0 Å². The molecule has 3 rings (SSSR count). The van der Waals surface area contributed by atoms with Gasteiger partial charge in [0.1, 0.15) is 11.3 Å². The van der Waals surface area contributed by atoms with Crippen LogP contribution in [0, 0.1) is 0 Å². The Morgan fingerprint density at radius 3 is 3.00 bits per heavy atom. The van der Waals surface area contributed by atoms with Gasteiger partial charge in [0.15, 0.2) is 5.65 Å². The van der Waals surface area contributed by atoms with Crippen LogP contribution in [-0.4, -0.2) is 33.1 Å². The lowest BCUT2D eigenvalue weighted by Gasteiger charge is -2.12. The van der Waals surface area contributed by atoms with Gasteiger partial charge in [-0.1, -0.05) is 12.8 Å². The van der Waals surface area contributed by atoms with E-state index < -0.39 is 0 Å². The first kappa shape index (κ1) is 13.8. The number of nitrogens with zero attached hydrogens (tertiary/aromatic N) is 3. The second-order valence-corrected chi connectivity index (χ2v) is 5.62. The average molecular weight is 294 g/mol. The van der Waals surface area contributed by atoms with Crippen LogP contribution in [0.1, 0.15) is 31.5 Å². The summed E-state index contributed by atoms with van der Waals surface area (Å²) in [7, 11) is 0. The number of hydrogen-bond donors (Lipinski definition) is 0. The molecular formula is C15H20ClN3O. The van der Waals surface area contributed by atoms with Crippen LogP contribution in [0.3, 0.4) is 0 Å². The molecule has 4 nitrogen and oxygen atoms in total. The van der Waals surface area contributed by atoms with Gasteiger partial charge in [-0.25, -0.2) is 9.97 Å². The summed E-state index contributed by atoms with van der Waals surface area (Å²) in [6, 6.07) is 3.91. The molecule has 0 radical (unpaired) electrons. The lowest BCUT2D eigenvalue weighted by Crippen LogP contribution is -2.15. The topological polar surface area (TPSA) is 39.9 Å². The van der Waals surface area contributed by atoms with E-state index in [2.05, 4.69) is 14.5 Å². The van der Waals surface area contributed by atoms with E-state index in [1.54, 1.807) is 0 Å². The Morgan fingerprint density at radius 1 is 1.35 bits per heavy atom. The van der Waals surface area contributed by atoms with E-state index in [9.17, 15) is 0 Å². The molecule has 1 fully saturated rings. The van der Waals surface area contributed by atoms with E-state index in [-0.39, 0.29) is 0 Å². The SMILES string of the molecule is ClCCc1nc2cccnc2n1CCOC1CCCC1. The highest BCUT2D eigenvalue weighted by molar-refractivity contribution is 6.17. The summed E-state index contributed by atoms with van der Waals surface area (Å²) in [6.45, 7) is 1.53. The minimum absolute atomic E-state index is 0.453. The van der Waals surface area contributed by atoms with E-state index in [4.69, 9.17) is 16.3 Å². The molecule has 108 valence electrons. The number of halogens is 1. The summed E-state index contributed by atoms with van der Waals surface area (Å²) >= 11 is 5.87. The van der Waals surface area contributed by atoms with Crippen LogP contribution < -0.4 is 0 Å². The Morgan fingerprint density at radius 2 is 2.20 bits per heavy atom. The molecule has 2 aromatic heterocycles. The number of pyridine rings is 1. The molecule has 1 aliphatic carbocycles. The van der Waals surface area contributed by atoms with Crippen LogP contribution in [0.4, 0.5) is 0 Å². The number of aryl methyl sites for hydroxylation is 1. The van der Waals surface area contributed by atoms with Crippen molar-refractivity contribution >= 4 is 22.8 Å². The predicted octanol–water partition coefficient (Wildman–Crippen LogP) is 3.17. The van der Waals surface area contributed by atoms with Crippen molar-refractivity contribution in [3.8, 4) is 0 Å². The molecule has 0 atom stereocenters. The molecule has 0 amide bonds. The Hall–Kier alpha value is -1.13. The highest BCUT2D eigenvalue weighted by atomic mass is 35.5. The van der Waals surface area contributed by atoms with E-state index in [1.165, 1.54) is 25.7 Å². The fourth-order valence-electron chi connectivity index (χ4n) is 2.88. The minimum Gasteiger partial charge on any atom is -0.376 e. The molecule has 1 saturated carbocycles. The standard InChI is InChI=1S/C15H20ClN3O/c16-8-7-14-18-13-6-3-9-17-15(13)19(14)10-11-20-12-4-1-2-5-12/h3,6,9,12H,1-2,4-5,7-8,10-11H2. The third-order valence-electron chi connectivity index (χ3n) is 3.87. The summed E-state index contributed by atoms with van der Waals surface area (Å²) in [6.07, 6.45) is 8.04. The van der Waals surface area contributed by atoms with Gasteiger partial charge in [-0.2, -0.15) is 0 Å². The molecule has 1 aliphatic rings. The average Bonchev–Trinajstić information content (AvgIpc) is 3.08. The maximum absolute atomic E-state index is 5.95. The first-order valence-corrected chi connectivity index (χ1v) is 7.89. The molecular weight excluding hydrogens is 274 g/mol. The van der Waals surface area contributed by atoms with Gasteiger partial charge >= 0.3 is 0 Å². The number of rotatable bonds is 6. The summed E-state index contributed by atoms with van der Waals surface area (Å²) in [4.78, 5) is 9.05. The van der Waals surface area contributed by atoms with Crippen LogP contribution in [0.5, 0.6) is 0 Å². The molecule has 0 N–H and O–H groups in total. The Labute approximate surface area is 124 Å². The first-order valence-electron chi connectivity index (χ1n) is 7.36. The number of aromatic nitrogens is 3. The Balaban J connectivity index is 1.72. The summed E-state index contributed by atoms with van der Waals surface area (Å²) < 4.78 is 8.09. The van der Waals surface area contributed by atoms with Crippen molar-refractivity contribution in [2.75, 3.05) is 12.5 Å². The predicted molar refractivity (Wildman–Crippen MR) is 80.2 cm³/mol. The zero-order chi connectivity index (χ0) is 13.8. The van der Waals surface area contributed by atoms with Crippen molar-refractivity contribution in [3.05, 3.63) is 24.2 Å². The number of fused-ring (bicyclic) bond motifs is 1. The maximum atomic E-state index is 5.95. The molecule has 20 heavy (non-hydrogen) atoms. The van der Waals surface area contributed by atoms with E-state index in [0.717, 1.165) is 36.6 Å². The fraction of sp³-hybridized carbons (Fsp3) is 0.600. The highest BCUT2D eigenvalue weighted by Crippen LogP contribution is 2.21. The number of imidazole rings is 1. The number of ether oxygens (including phenoxy) is 1. The van der Waals surface area contributed by atoms with Crippen LogP contribution >= 0.6 is 11.6 Å². The number of hydrogen-bond acceptors (Lipinski definition) is 3. The van der Waals surface area contributed by atoms with Gasteiger partial charge < -0.3 is 9.30 Å². The summed E-state index contributed by atoms with van der Waals surface area (Å²) in [5, 5.41) is 0. The van der Waals surface area contributed by atoms with Crippen molar-refractivity contribution in [1.29, 1.82) is 0 Å². The zero-order valence-electron chi connectivity index (χ0n) is 11.6. The van der Waals surface area contributed by atoms with Gasteiger partial charge in [0.25, 0.3) is 0 Å².